The zero-order chi connectivity index (χ0) is 44.3. The summed E-state index contributed by atoms with van der Waals surface area (Å²) in [6.07, 6.45) is 0. The van der Waals surface area contributed by atoms with Crippen LogP contribution in [-0.4, -0.2) is 20.1 Å². The number of fused-ring (bicyclic) bond motifs is 12. The van der Waals surface area contributed by atoms with E-state index < -0.39 is 0 Å². The first-order valence-corrected chi connectivity index (χ1v) is 21.9. The van der Waals surface area contributed by atoms with Crippen LogP contribution in [0.25, 0.3) is 4.85 Å². The number of anilines is 5. The minimum atomic E-state index is -0.348. The Morgan fingerprint density at radius 3 is 1.70 bits per heavy atom. The van der Waals surface area contributed by atoms with Gasteiger partial charge in [-0.15, -0.1) is 0 Å². The molecule has 12 heteroatoms. The highest BCUT2D eigenvalue weighted by Gasteiger charge is 2.48. The third kappa shape index (κ3) is 4.84. The molecule has 6 aliphatic rings. The summed E-state index contributed by atoms with van der Waals surface area (Å²) >= 11 is 0. The van der Waals surface area contributed by atoms with Crippen LogP contribution in [-0.2, 0) is 0 Å². The van der Waals surface area contributed by atoms with Crippen molar-refractivity contribution in [3.8, 4) is 58.1 Å². The van der Waals surface area contributed by atoms with Crippen LogP contribution in [0.2, 0.25) is 0 Å². The van der Waals surface area contributed by atoms with Gasteiger partial charge in [0, 0.05) is 40.3 Å². The molecule has 6 aliphatic heterocycles. The van der Waals surface area contributed by atoms with Gasteiger partial charge >= 0.3 is 0 Å². The number of para-hydroxylation sites is 2. The molecule has 0 spiro atoms. The van der Waals surface area contributed by atoms with Gasteiger partial charge in [0.05, 0.1) is 35.5 Å². The predicted octanol–water partition coefficient (Wildman–Crippen LogP) is 6.72. The molecule has 304 valence electrons. The Balaban J connectivity index is 1.05. The molecule has 9 nitrogen and oxygen atoms in total. The highest BCUT2D eigenvalue weighted by molar-refractivity contribution is 7.03. The maximum Gasteiger partial charge on any atom is 0.260 e. The molecule has 0 unspecified atom stereocenters. The second-order valence-corrected chi connectivity index (χ2v) is 18.0. The topological polar surface area (TPSA) is 104 Å². The van der Waals surface area contributed by atoms with Crippen molar-refractivity contribution in [1.82, 2.24) is 0 Å². The lowest BCUT2D eigenvalue weighted by atomic mass is 9.30. The van der Waals surface area contributed by atoms with E-state index in [1.54, 1.807) is 6.07 Å². The summed E-state index contributed by atoms with van der Waals surface area (Å²) in [5, 5.41) is 24.0. The van der Waals surface area contributed by atoms with Crippen molar-refractivity contribution in [3.05, 3.63) is 161 Å². The zero-order valence-electron chi connectivity index (χ0n) is 35.7. The third-order valence-corrected chi connectivity index (χ3v) is 14.1. The van der Waals surface area contributed by atoms with E-state index in [9.17, 15) is 10.5 Å². The molecule has 0 amide bonds. The Morgan fingerprint density at radius 1 is 0.500 bits per heavy atom. The van der Waals surface area contributed by atoms with Crippen molar-refractivity contribution >= 4 is 103 Å². The average Bonchev–Trinajstić information content (AvgIpc) is 3.32. The van der Waals surface area contributed by atoms with Crippen LogP contribution in [0, 0.1) is 50.0 Å². The Morgan fingerprint density at radius 2 is 1.05 bits per heavy atom. The molecule has 0 aliphatic carbocycles. The number of rotatable bonds is 1. The van der Waals surface area contributed by atoms with Crippen molar-refractivity contribution < 1.29 is 18.9 Å². The molecular weight excluding hydrogens is 815 g/mol. The molecule has 0 radical (unpaired) electrons. The Bertz CT molecular complexity index is 3750. The van der Waals surface area contributed by atoms with Gasteiger partial charge in [0.2, 0.25) is 0 Å². The lowest BCUT2D eigenvalue weighted by Crippen LogP contribution is -2.64. The van der Waals surface area contributed by atoms with Crippen LogP contribution < -0.4 is 78.3 Å². The SMILES string of the molecule is [C-]#[N+]c1cc2c3c(c1)N(c1c(C)cc(C)cc1C)c1cc4c(cc1B3c1ccccc1O2)B1c2cc3c(cc2Oc2cc(C#N)cc(c21)O4)Nc1cc(C#N)cc2c1B3c1ccccc1O2. The fourth-order valence-electron chi connectivity index (χ4n) is 11.7. The summed E-state index contributed by atoms with van der Waals surface area (Å²) in [5.41, 5.74) is 18.3. The molecule has 8 aromatic carbocycles. The van der Waals surface area contributed by atoms with Gasteiger partial charge in [0.15, 0.2) is 5.69 Å². The maximum atomic E-state index is 10.3. The number of nitrogens with zero attached hydrogens (tertiary/aromatic N) is 4. The van der Waals surface area contributed by atoms with Gasteiger partial charge < -0.3 is 29.2 Å². The van der Waals surface area contributed by atoms with Gasteiger partial charge in [-0.2, -0.15) is 10.5 Å². The fraction of sp³-hybridized carbons (Fsp3) is 0.0556. The summed E-state index contributed by atoms with van der Waals surface area (Å²) in [6, 6.07) is 45.4. The fourth-order valence-corrected chi connectivity index (χ4v) is 11.7. The number of nitriles is 2. The summed E-state index contributed by atoms with van der Waals surface area (Å²) < 4.78 is 27.1. The van der Waals surface area contributed by atoms with Gasteiger partial charge in [-0.25, -0.2) is 4.85 Å². The molecule has 0 saturated carbocycles. The normalized spacial score (nSPS) is 13.8. The minimum absolute atomic E-state index is 0.192. The van der Waals surface area contributed by atoms with Crippen LogP contribution in [0.4, 0.5) is 34.1 Å². The second kappa shape index (κ2) is 12.9. The molecule has 0 fully saturated rings. The van der Waals surface area contributed by atoms with Crippen LogP contribution >= 0.6 is 0 Å². The Hall–Kier alpha value is -8.78. The number of nitrogens with one attached hydrogen (secondary N) is 1. The van der Waals surface area contributed by atoms with E-state index >= 15 is 0 Å². The van der Waals surface area contributed by atoms with E-state index in [0.29, 0.717) is 51.3 Å². The first-order valence-electron chi connectivity index (χ1n) is 21.9. The summed E-state index contributed by atoms with van der Waals surface area (Å²) in [7, 11) is 0. The van der Waals surface area contributed by atoms with Gasteiger partial charge in [0.25, 0.3) is 20.1 Å². The first-order chi connectivity index (χ1) is 32.3. The number of aryl methyl sites for hydroxylation is 3. The molecule has 0 atom stereocenters. The van der Waals surface area contributed by atoms with E-state index in [-0.39, 0.29) is 20.1 Å². The molecule has 8 aromatic rings. The molecule has 0 aromatic heterocycles. The number of ether oxygens (including phenoxy) is 4. The largest absolute Gasteiger partial charge is 0.460 e. The standard InChI is InChI=1S/C54H30B3N5O4/c1-27-13-28(2)54(29(3)14-27)62-41-24-46-38(22-36(41)56-34-10-6-8-12-44(34)64-50-20-32(60-4)19-42(62)52(50)56)57-37-21-35-39(23-45(37)65-48-17-31(26-59)18-49(66-46)53(48)57)61-40-15-30(25-58)16-47-51(40)55(35)33-9-5-7-11-43(33)63-47/h5-24,61H,1-3H3. The molecule has 6 heterocycles. The van der Waals surface area contributed by atoms with Crippen molar-refractivity contribution in [2.24, 2.45) is 0 Å². The number of hydrogen-bond donors (Lipinski definition) is 1. The smallest absolute Gasteiger partial charge is 0.260 e. The average molecular weight is 845 g/mol. The quantitative estimate of drug-likeness (QED) is 0.144. The molecule has 1 N–H and O–H groups in total. The van der Waals surface area contributed by atoms with Gasteiger partial charge in [-0.05, 0) is 124 Å². The predicted molar refractivity (Wildman–Crippen MR) is 261 cm³/mol. The van der Waals surface area contributed by atoms with Crippen molar-refractivity contribution in [1.29, 1.82) is 10.5 Å². The monoisotopic (exact) mass is 845 g/mol. The van der Waals surface area contributed by atoms with E-state index in [2.05, 4.69) is 103 Å². The van der Waals surface area contributed by atoms with Crippen LogP contribution in [0.5, 0.6) is 46.0 Å². The van der Waals surface area contributed by atoms with Gasteiger partial charge in [-0.3, -0.25) is 0 Å². The molecular formula is C54H30B3N5O4. The minimum Gasteiger partial charge on any atom is -0.460 e. The van der Waals surface area contributed by atoms with Crippen LogP contribution in [0.3, 0.4) is 0 Å². The van der Waals surface area contributed by atoms with E-state index in [0.717, 1.165) is 100 Å². The summed E-state index contributed by atoms with van der Waals surface area (Å²) in [6.45, 7) is 13.8. The summed E-state index contributed by atoms with van der Waals surface area (Å²) in [4.78, 5) is 6.24. The lowest BCUT2D eigenvalue weighted by Gasteiger charge is -2.43. The van der Waals surface area contributed by atoms with E-state index in [1.807, 2.05) is 60.7 Å². The first kappa shape index (κ1) is 36.7. The van der Waals surface area contributed by atoms with E-state index in [1.165, 1.54) is 5.56 Å². The highest BCUT2D eigenvalue weighted by Crippen LogP contribution is 2.47. The van der Waals surface area contributed by atoms with Crippen molar-refractivity contribution in [2.75, 3.05) is 10.2 Å². The molecule has 66 heavy (non-hydrogen) atoms. The van der Waals surface area contributed by atoms with Crippen molar-refractivity contribution in [3.63, 3.8) is 0 Å². The van der Waals surface area contributed by atoms with Crippen LogP contribution in [0.1, 0.15) is 27.8 Å². The summed E-state index contributed by atoms with van der Waals surface area (Å²) in [5.74, 6) is 5.29. The van der Waals surface area contributed by atoms with Gasteiger partial charge in [0.1, 0.15) is 46.0 Å². The van der Waals surface area contributed by atoms with Crippen molar-refractivity contribution in [2.45, 2.75) is 20.8 Å². The van der Waals surface area contributed by atoms with Crippen LogP contribution in [0.15, 0.2) is 121 Å². The Kier molecular flexibility index (Phi) is 7.18. The second-order valence-electron chi connectivity index (χ2n) is 18.0. The lowest BCUT2D eigenvalue weighted by molar-refractivity contribution is 0.464. The number of benzene rings is 8. The maximum absolute atomic E-state index is 10.3. The molecule has 0 bridgehead atoms. The Labute approximate surface area is 381 Å². The zero-order valence-corrected chi connectivity index (χ0v) is 35.7. The highest BCUT2D eigenvalue weighted by atomic mass is 16.5. The molecule has 14 rings (SSSR count). The third-order valence-electron chi connectivity index (χ3n) is 14.1. The van der Waals surface area contributed by atoms with E-state index in [4.69, 9.17) is 25.5 Å². The molecule has 0 saturated heterocycles. The number of hydrogen-bond acceptors (Lipinski definition) is 8. The van der Waals surface area contributed by atoms with Gasteiger partial charge in [-0.1, -0.05) is 66.2 Å².